The van der Waals surface area contributed by atoms with E-state index in [2.05, 4.69) is 27.5 Å². The van der Waals surface area contributed by atoms with Crippen LogP contribution >= 0.6 is 11.8 Å². The van der Waals surface area contributed by atoms with E-state index in [-0.39, 0.29) is 5.91 Å². The van der Waals surface area contributed by atoms with Crippen molar-refractivity contribution in [1.29, 1.82) is 0 Å². The fraction of sp³-hybridized carbons (Fsp3) is 0.550. The van der Waals surface area contributed by atoms with Crippen molar-refractivity contribution < 1.29 is 4.79 Å². The number of amides is 1. The van der Waals surface area contributed by atoms with Crippen LogP contribution in [0.3, 0.4) is 0 Å². The van der Waals surface area contributed by atoms with Crippen LogP contribution in [0.25, 0.3) is 10.9 Å². The third-order valence-corrected chi connectivity index (χ3v) is 5.56. The molecule has 3 rings (SSSR count). The van der Waals surface area contributed by atoms with Gasteiger partial charge in [0.05, 0.1) is 11.3 Å². The molecule has 0 bridgehead atoms. The Kier molecular flexibility index (Phi) is 7.12. The van der Waals surface area contributed by atoms with Gasteiger partial charge >= 0.3 is 0 Å². The molecule has 1 aromatic heterocycles. The van der Waals surface area contributed by atoms with E-state index in [1.54, 1.807) is 0 Å². The number of hydrogen-bond donors (Lipinski definition) is 2. The van der Waals surface area contributed by atoms with E-state index in [0.717, 1.165) is 48.9 Å². The minimum atomic E-state index is 0.0825. The van der Waals surface area contributed by atoms with E-state index in [0.29, 0.717) is 17.0 Å². The van der Waals surface area contributed by atoms with Crippen molar-refractivity contribution in [2.45, 2.75) is 63.1 Å². The van der Waals surface area contributed by atoms with Crippen LogP contribution in [0.15, 0.2) is 29.4 Å². The van der Waals surface area contributed by atoms with Gasteiger partial charge in [-0.15, -0.1) is 0 Å². The first-order valence-corrected chi connectivity index (χ1v) is 10.7. The molecule has 1 aromatic carbocycles. The van der Waals surface area contributed by atoms with Crippen LogP contribution in [0.2, 0.25) is 0 Å². The highest BCUT2D eigenvalue weighted by molar-refractivity contribution is 7.99. The number of thioether (sulfide) groups is 1. The zero-order chi connectivity index (χ0) is 18.2. The minimum absolute atomic E-state index is 0.0825. The van der Waals surface area contributed by atoms with Crippen LogP contribution < -0.4 is 10.6 Å². The summed E-state index contributed by atoms with van der Waals surface area (Å²) >= 11 is 1.41. The smallest absolute Gasteiger partial charge is 0.230 e. The molecular weight excluding hydrogens is 344 g/mol. The third kappa shape index (κ3) is 5.34. The van der Waals surface area contributed by atoms with Crippen molar-refractivity contribution >= 4 is 34.4 Å². The predicted molar refractivity (Wildman–Crippen MR) is 109 cm³/mol. The van der Waals surface area contributed by atoms with Gasteiger partial charge in [-0.25, -0.2) is 9.97 Å². The molecule has 2 aromatic rings. The van der Waals surface area contributed by atoms with Gasteiger partial charge in [0.15, 0.2) is 5.16 Å². The molecule has 1 saturated carbocycles. The zero-order valence-corrected chi connectivity index (χ0v) is 16.3. The maximum absolute atomic E-state index is 12.2. The molecule has 140 valence electrons. The topological polar surface area (TPSA) is 66.9 Å². The van der Waals surface area contributed by atoms with E-state index < -0.39 is 0 Å². The molecule has 1 heterocycles. The summed E-state index contributed by atoms with van der Waals surface area (Å²) in [4.78, 5) is 21.5. The van der Waals surface area contributed by atoms with Gasteiger partial charge in [0.2, 0.25) is 5.91 Å². The van der Waals surface area contributed by atoms with Crippen LogP contribution in [0.5, 0.6) is 0 Å². The number of anilines is 1. The van der Waals surface area contributed by atoms with Gasteiger partial charge in [0.25, 0.3) is 0 Å². The minimum Gasteiger partial charge on any atom is -0.369 e. The molecular formula is C20H28N4OS. The molecule has 0 spiro atoms. The lowest BCUT2D eigenvalue weighted by atomic mass is 9.95. The number of fused-ring (bicyclic) bond motifs is 1. The summed E-state index contributed by atoms with van der Waals surface area (Å²) in [6.45, 7) is 3.07. The van der Waals surface area contributed by atoms with E-state index in [9.17, 15) is 4.79 Å². The Bertz CT molecular complexity index is 731. The number of unbranched alkanes of at least 4 members (excludes halogenated alkanes) is 1. The van der Waals surface area contributed by atoms with Crippen LogP contribution in [-0.2, 0) is 4.79 Å². The number of para-hydroxylation sites is 1. The largest absolute Gasteiger partial charge is 0.369 e. The maximum atomic E-state index is 12.2. The third-order valence-electron chi connectivity index (χ3n) is 4.71. The molecule has 0 aliphatic heterocycles. The van der Waals surface area contributed by atoms with Crippen LogP contribution in [0.1, 0.15) is 51.9 Å². The number of aromatic nitrogens is 2. The van der Waals surface area contributed by atoms with Crippen molar-refractivity contribution in [3.05, 3.63) is 24.3 Å². The molecule has 2 N–H and O–H groups in total. The number of carbonyl (C=O) groups is 1. The normalized spacial score (nSPS) is 15.1. The molecule has 1 amide bonds. The van der Waals surface area contributed by atoms with Gasteiger partial charge in [0.1, 0.15) is 5.82 Å². The molecule has 5 nitrogen and oxygen atoms in total. The summed E-state index contributed by atoms with van der Waals surface area (Å²) in [6.07, 6.45) is 8.18. The van der Waals surface area contributed by atoms with Crippen molar-refractivity contribution in [2.75, 3.05) is 17.6 Å². The average Bonchev–Trinajstić information content (AvgIpc) is 2.67. The van der Waals surface area contributed by atoms with Gasteiger partial charge in [-0.05, 0) is 31.4 Å². The molecule has 0 atom stereocenters. The van der Waals surface area contributed by atoms with Crippen LogP contribution in [-0.4, -0.2) is 34.2 Å². The molecule has 26 heavy (non-hydrogen) atoms. The fourth-order valence-corrected chi connectivity index (χ4v) is 3.95. The first-order chi connectivity index (χ1) is 12.8. The Labute approximate surface area is 159 Å². The molecule has 1 aliphatic rings. The van der Waals surface area contributed by atoms with Gasteiger partial charge in [-0.1, -0.05) is 56.5 Å². The SMILES string of the molecule is CCCCNc1nc(SCC(=O)NC2CCCCC2)nc2ccccc12. The number of carbonyl (C=O) groups excluding carboxylic acids is 1. The van der Waals surface area contributed by atoms with Gasteiger partial charge < -0.3 is 10.6 Å². The molecule has 1 fully saturated rings. The lowest BCUT2D eigenvalue weighted by molar-refractivity contribution is -0.119. The maximum Gasteiger partial charge on any atom is 0.230 e. The summed E-state index contributed by atoms with van der Waals surface area (Å²) in [6, 6.07) is 8.36. The molecule has 1 aliphatic carbocycles. The lowest BCUT2D eigenvalue weighted by Gasteiger charge is -2.22. The van der Waals surface area contributed by atoms with Crippen LogP contribution in [0, 0.1) is 0 Å². The average molecular weight is 373 g/mol. The van der Waals surface area contributed by atoms with Crippen molar-refractivity contribution in [1.82, 2.24) is 15.3 Å². The summed E-state index contributed by atoms with van der Waals surface area (Å²) in [5, 5.41) is 8.25. The quantitative estimate of drug-likeness (QED) is 0.409. The Morgan fingerprint density at radius 2 is 2.00 bits per heavy atom. The standard InChI is InChI=1S/C20H28N4OS/c1-2-3-13-21-19-16-11-7-8-12-17(16)23-20(24-19)26-14-18(25)22-15-9-5-4-6-10-15/h7-8,11-12,15H,2-6,9-10,13-14H2,1H3,(H,22,25)(H,21,23,24). The molecule has 6 heteroatoms. The second kappa shape index (κ2) is 9.76. The summed E-state index contributed by atoms with van der Waals surface area (Å²) in [7, 11) is 0. The summed E-state index contributed by atoms with van der Waals surface area (Å²) < 4.78 is 0. The van der Waals surface area contributed by atoms with Crippen LogP contribution in [0.4, 0.5) is 5.82 Å². The lowest BCUT2D eigenvalue weighted by Crippen LogP contribution is -2.37. The van der Waals surface area contributed by atoms with Gasteiger partial charge in [-0.2, -0.15) is 0 Å². The van der Waals surface area contributed by atoms with Gasteiger partial charge in [0, 0.05) is 18.0 Å². The summed E-state index contributed by atoms with van der Waals surface area (Å²) in [5.74, 6) is 1.31. The number of hydrogen-bond acceptors (Lipinski definition) is 5. The Hall–Kier alpha value is -1.82. The Balaban J connectivity index is 1.64. The molecule has 0 saturated heterocycles. The molecule has 0 unspecified atom stereocenters. The zero-order valence-electron chi connectivity index (χ0n) is 15.5. The van der Waals surface area contributed by atoms with E-state index in [1.165, 1.54) is 31.0 Å². The second-order valence-electron chi connectivity index (χ2n) is 6.84. The predicted octanol–water partition coefficient (Wildman–Crippen LogP) is 4.38. The number of benzene rings is 1. The Morgan fingerprint density at radius 3 is 2.81 bits per heavy atom. The fourth-order valence-electron chi connectivity index (χ4n) is 3.28. The van der Waals surface area contributed by atoms with Gasteiger partial charge in [-0.3, -0.25) is 4.79 Å². The van der Waals surface area contributed by atoms with Crippen molar-refractivity contribution in [2.24, 2.45) is 0 Å². The summed E-state index contributed by atoms with van der Waals surface area (Å²) in [5.41, 5.74) is 0.914. The number of nitrogens with zero attached hydrogens (tertiary/aromatic N) is 2. The second-order valence-corrected chi connectivity index (χ2v) is 7.79. The molecule has 0 radical (unpaired) electrons. The highest BCUT2D eigenvalue weighted by Crippen LogP contribution is 2.24. The van der Waals surface area contributed by atoms with E-state index in [1.807, 2.05) is 24.3 Å². The first-order valence-electron chi connectivity index (χ1n) is 9.69. The van der Waals surface area contributed by atoms with Crippen molar-refractivity contribution in [3.8, 4) is 0 Å². The monoisotopic (exact) mass is 372 g/mol. The first kappa shape index (κ1) is 19.0. The van der Waals surface area contributed by atoms with E-state index in [4.69, 9.17) is 0 Å². The number of nitrogens with one attached hydrogen (secondary N) is 2. The number of rotatable bonds is 8. The Morgan fingerprint density at radius 1 is 1.19 bits per heavy atom. The highest BCUT2D eigenvalue weighted by Gasteiger charge is 2.16. The van der Waals surface area contributed by atoms with Crippen molar-refractivity contribution in [3.63, 3.8) is 0 Å². The highest BCUT2D eigenvalue weighted by atomic mass is 32.2. The van der Waals surface area contributed by atoms with E-state index >= 15 is 0 Å².